The zero-order chi connectivity index (χ0) is 14.5. The van der Waals surface area contributed by atoms with Crippen LogP contribution in [0.4, 0.5) is 0 Å². The van der Waals surface area contributed by atoms with Crippen LogP contribution in [-0.2, 0) is 25.6 Å². The Morgan fingerprint density at radius 3 is 2.35 bits per heavy atom. The summed E-state index contributed by atoms with van der Waals surface area (Å²) in [6.45, 7) is 2.21. The van der Waals surface area contributed by atoms with Crippen molar-refractivity contribution in [2.24, 2.45) is 0 Å². The Kier molecular flexibility index (Phi) is 5.51. The highest BCUT2D eigenvalue weighted by molar-refractivity contribution is 5.13. The number of rotatable bonds is 5. The lowest BCUT2D eigenvalue weighted by Gasteiger charge is -2.42. The second-order valence-electron chi connectivity index (χ2n) is 4.90. The Bertz CT molecular complexity index is 397. The average molecular weight is 282 g/mol. The molecule has 1 N–H and O–H groups in total. The Morgan fingerprint density at radius 1 is 1.10 bits per heavy atom. The van der Waals surface area contributed by atoms with Crippen LogP contribution in [0.1, 0.15) is 12.5 Å². The molecule has 20 heavy (non-hydrogen) atoms. The smallest absolute Gasteiger partial charge is 0.187 e. The third kappa shape index (κ3) is 3.37. The minimum Gasteiger partial charge on any atom is -0.388 e. The number of methoxy groups -OCH3 is 2. The zero-order valence-electron chi connectivity index (χ0n) is 12.1. The summed E-state index contributed by atoms with van der Waals surface area (Å²) >= 11 is 0. The lowest BCUT2D eigenvalue weighted by Crippen LogP contribution is -2.58. The van der Waals surface area contributed by atoms with Crippen molar-refractivity contribution in [1.82, 2.24) is 0 Å². The highest BCUT2D eigenvalue weighted by Crippen LogP contribution is 2.26. The van der Waals surface area contributed by atoms with Crippen LogP contribution in [0.25, 0.3) is 0 Å². The molecule has 5 nitrogen and oxygen atoms in total. The first-order valence-electron chi connectivity index (χ1n) is 6.72. The van der Waals surface area contributed by atoms with Gasteiger partial charge in [-0.25, -0.2) is 0 Å². The van der Waals surface area contributed by atoms with Gasteiger partial charge in [0.1, 0.15) is 18.3 Å². The largest absolute Gasteiger partial charge is 0.388 e. The monoisotopic (exact) mass is 282 g/mol. The van der Waals surface area contributed by atoms with Gasteiger partial charge in [-0.1, -0.05) is 30.3 Å². The molecule has 1 saturated heterocycles. The molecule has 0 radical (unpaired) electrons. The Morgan fingerprint density at radius 2 is 1.75 bits per heavy atom. The van der Waals surface area contributed by atoms with Gasteiger partial charge >= 0.3 is 0 Å². The van der Waals surface area contributed by atoms with Gasteiger partial charge in [0.05, 0.1) is 12.7 Å². The number of benzene rings is 1. The molecule has 1 aromatic carbocycles. The van der Waals surface area contributed by atoms with E-state index < -0.39 is 24.6 Å². The standard InChI is InChI=1S/C15H22O5/c1-10-12(16)13(17-2)14(18-3)15(20-10)19-9-11-7-5-4-6-8-11/h4-8,10,12-16H,9H2,1-3H3/t10-,12-,13+,14+,15+/m0/s1. The summed E-state index contributed by atoms with van der Waals surface area (Å²) in [5.41, 5.74) is 1.05. The molecular weight excluding hydrogens is 260 g/mol. The van der Waals surface area contributed by atoms with E-state index >= 15 is 0 Å². The summed E-state index contributed by atoms with van der Waals surface area (Å²) < 4.78 is 22.2. The van der Waals surface area contributed by atoms with Gasteiger partial charge in [-0.05, 0) is 12.5 Å². The minimum atomic E-state index is -0.735. The molecule has 0 spiro atoms. The van der Waals surface area contributed by atoms with Gasteiger partial charge in [0, 0.05) is 14.2 Å². The van der Waals surface area contributed by atoms with Crippen LogP contribution in [0.15, 0.2) is 30.3 Å². The fourth-order valence-corrected chi connectivity index (χ4v) is 2.39. The Labute approximate surface area is 119 Å². The molecule has 112 valence electrons. The van der Waals surface area contributed by atoms with E-state index in [1.807, 2.05) is 30.3 Å². The van der Waals surface area contributed by atoms with Gasteiger partial charge in [0.15, 0.2) is 6.29 Å². The van der Waals surface area contributed by atoms with E-state index in [-0.39, 0.29) is 6.10 Å². The summed E-state index contributed by atoms with van der Waals surface area (Å²) in [5.74, 6) is 0. The topological polar surface area (TPSA) is 57.2 Å². The minimum absolute atomic E-state index is 0.368. The van der Waals surface area contributed by atoms with Gasteiger partial charge < -0.3 is 24.1 Å². The first-order chi connectivity index (χ1) is 9.67. The molecule has 1 fully saturated rings. The van der Waals surface area contributed by atoms with Crippen molar-refractivity contribution in [3.8, 4) is 0 Å². The van der Waals surface area contributed by atoms with Gasteiger partial charge in [-0.3, -0.25) is 0 Å². The van der Waals surface area contributed by atoms with E-state index in [9.17, 15) is 5.11 Å². The van der Waals surface area contributed by atoms with E-state index in [1.165, 1.54) is 0 Å². The van der Waals surface area contributed by atoms with E-state index in [0.29, 0.717) is 6.61 Å². The van der Waals surface area contributed by atoms with Crippen molar-refractivity contribution in [3.63, 3.8) is 0 Å². The number of ether oxygens (including phenoxy) is 4. The lowest BCUT2D eigenvalue weighted by molar-refractivity contribution is -0.304. The van der Waals surface area contributed by atoms with Crippen LogP contribution >= 0.6 is 0 Å². The molecule has 2 rings (SSSR count). The lowest BCUT2D eigenvalue weighted by atomic mass is 9.99. The van der Waals surface area contributed by atoms with Crippen molar-refractivity contribution in [1.29, 1.82) is 0 Å². The molecule has 0 unspecified atom stereocenters. The molecule has 5 heteroatoms. The maximum atomic E-state index is 10.1. The van der Waals surface area contributed by atoms with Crippen LogP contribution < -0.4 is 0 Å². The number of aliphatic hydroxyl groups excluding tert-OH is 1. The van der Waals surface area contributed by atoms with Gasteiger partial charge in [0.25, 0.3) is 0 Å². The van der Waals surface area contributed by atoms with Crippen molar-refractivity contribution >= 4 is 0 Å². The quantitative estimate of drug-likeness (QED) is 0.883. The van der Waals surface area contributed by atoms with Crippen LogP contribution in [0.5, 0.6) is 0 Å². The summed E-state index contributed by atoms with van der Waals surface area (Å²) in [6.07, 6.45) is -2.60. The van der Waals surface area contributed by atoms with E-state index in [2.05, 4.69) is 0 Å². The maximum absolute atomic E-state index is 10.1. The first-order valence-corrected chi connectivity index (χ1v) is 6.72. The molecule has 0 aromatic heterocycles. The predicted molar refractivity (Wildman–Crippen MR) is 73.2 cm³/mol. The van der Waals surface area contributed by atoms with Crippen LogP contribution in [0, 0.1) is 0 Å². The van der Waals surface area contributed by atoms with Crippen LogP contribution in [-0.4, -0.2) is 50.0 Å². The van der Waals surface area contributed by atoms with Crippen LogP contribution in [0.2, 0.25) is 0 Å². The second-order valence-corrected chi connectivity index (χ2v) is 4.90. The average Bonchev–Trinajstić information content (AvgIpc) is 2.48. The van der Waals surface area contributed by atoms with E-state index in [4.69, 9.17) is 18.9 Å². The van der Waals surface area contributed by atoms with E-state index in [1.54, 1.807) is 21.1 Å². The zero-order valence-corrected chi connectivity index (χ0v) is 12.1. The van der Waals surface area contributed by atoms with Gasteiger partial charge in [-0.15, -0.1) is 0 Å². The number of aliphatic hydroxyl groups is 1. The van der Waals surface area contributed by atoms with Crippen molar-refractivity contribution in [3.05, 3.63) is 35.9 Å². The normalized spacial score (nSPS) is 34.1. The molecule has 1 aliphatic heterocycles. The molecular formula is C15H22O5. The fourth-order valence-electron chi connectivity index (χ4n) is 2.39. The number of hydrogen-bond donors (Lipinski definition) is 1. The van der Waals surface area contributed by atoms with Crippen molar-refractivity contribution in [2.75, 3.05) is 14.2 Å². The Hall–Kier alpha value is -0.980. The molecule has 1 aromatic rings. The highest BCUT2D eigenvalue weighted by Gasteiger charge is 2.44. The molecule has 5 atom stereocenters. The fraction of sp³-hybridized carbons (Fsp3) is 0.600. The summed E-state index contributed by atoms with van der Waals surface area (Å²) in [4.78, 5) is 0. The van der Waals surface area contributed by atoms with E-state index in [0.717, 1.165) is 5.56 Å². The first kappa shape index (κ1) is 15.4. The van der Waals surface area contributed by atoms with Crippen molar-refractivity contribution < 1.29 is 24.1 Å². The number of hydrogen-bond acceptors (Lipinski definition) is 5. The van der Waals surface area contributed by atoms with Gasteiger partial charge in [0.2, 0.25) is 0 Å². The molecule has 0 saturated carbocycles. The molecule has 1 heterocycles. The summed E-state index contributed by atoms with van der Waals surface area (Å²) in [6, 6.07) is 9.84. The SMILES string of the molecule is CO[C@@H]1[C@@H](O)[C@H](C)O[C@@H](OCc2ccccc2)[C@@H]1OC. The van der Waals surface area contributed by atoms with Crippen molar-refractivity contribution in [2.45, 2.75) is 44.2 Å². The predicted octanol–water partition coefficient (Wildman–Crippen LogP) is 1.34. The third-order valence-corrected chi connectivity index (χ3v) is 3.56. The molecule has 0 bridgehead atoms. The third-order valence-electron chi connectivity index (χ3n) is 3.56. The highest BCUT2D eigenvalue weighted by atomic mass is 16.7. The maximum Gasteiger partial charge on any atom is 0.187 e. The summed E-state index contributed by atoms with van der Waals surface area (Å²) in [5, 5.41) is 10.1. The Balaban J connectivity index is 2.01. The molecule has 0 aliphatic carbocycles. The molecule has 1 aliphatic rings. The second kappa shape index (κ2) is 7.15. The molecule has 0 amide bonds. The van der Waals surface area contributed by atoms with Crippen LogP contribution in [0.3, 0.4) is 0 Å². The van der Waals surface area contributed by atoms with Gasteiger partial charge in [-0.2, -0.15) is 0 Å². The summed E-state index contributed by atoms with van der Waals surface area (Å²) in [7, 11) is 3.10.